The van der Waals surface area contributed by atoms with Crippen LogP contribution in [0.5, 0.6) is 0 Å². The van der Waals surface area contributed by atoms with Crippen LogP contribution in [0.3, 0.4) is 0 Å². The Morgan fingerprint density at radius 1 is 1.10 bits per heavy atom. The van der Waals surface area contributed by atoms with Crippen molar-refractivity contribution in [2.24, 2.45) is 4.40 Å². The largest absolute Gasteiger partial charge is 0.338 e. The molecule has 0 bridgehead atoms. The number of aromatic nitrogens is 1. The number of carbonyl (C=O) groups is 1. The molecule has 1 aromatic carbocycles. The molecule has 0 atom stereocenters. The van der Waals surface area contributed by atoms with Crippen molar-refractivity contribution in [1.82, 2.24) is 9.88 Å². The third-order valence-corrected chi connectivity index (χ3v) is 3.36. The fourth-order valence-electron chi connectivity index (χ4n) is 1.54. The highest BCUT2D eigenvalue weighted by atomic mass is 32.2. The lowest BCUT2D eigenvalue weighted by Crippen LogP contribution is -2.16. The second-order valence-electron chi connectivity index (χ2n) is 4.30. The van der Waals surface area contributed by atoms with Crippen LogP contribution in [0.25, 0.3) is 0 Å². The molecule has 0 saturated carbocycles. The molecule has 5 heteroatoms. The third kappa shape index (κ3) is 3.68. The Hall–Kier alpha value is -2.14. The van der Waals surface area contributed by atoms with Crippen molar-refractivity contribution >= 4 is 22.9 Å². The van der Waals surface area contributed by atoms with Gasteiger partial charge in [0.15, 0.2) is 0 Å². The van der Waals surface area contributed by atoms with Gasteiger partial charge >= 0.3 is 5.24 Å². The van der Waals surface area contributed by atoms with Crippen LogP contribution in [-0.4, -0.2) is 34.9 Å². The average molecular weight is 285 g/mol. The molecule has 4 nitrogen and oxygen atoms in total. The molecular formula is C15H15N3OS. The molecule has 0 aliphatic heterocycles. The van der Waals surface area contributed by atoms with E-state index in [4.69, 9.17) is 0 Å². The fraction of sp³-hybridized carbons (Fsp3) is 0.133. The second-order valence-corrected chi connectivity index (χ2v) is 5.01. The van der Waals surface area contributed by atoms with Crippen molar-refractivity contribution in [3.8, 4) is 0 Å². The predicted octanol–water partition coefficient (Wildman–Crippen LogP) is 3.25. The monoisotopic (exact) mass is 285 g/mol. The summed E-state index contributed by atoms with van der Waals surface area (Å²) in [6, 6.07) is 13.5. The Labute approximate surface area is 122 Å². The van der Waals surface area contributed by atoms with Crippen LogP contribution in [0.4, 0.5) is 4.79 Å². The van der Waals surface area contributed by atoms with Gasteiger partial charge in [-0.05, 0) is 12.1 Å². The zero-order valence-corrected chi connectivity index (χ0v) is 12.2. The summed E-state index contributed by atoms with van der Waals surface area (Å²) in [6.07, 6.45) is 3.46. The topological polar surface area (TPSA) is 45.6 Å². The number of hydrogen-bond donors (Lipinski definition) is 0. The van der Waals surface area contributed by atoms with Gasteiger partial charge in [0.05, 0.1) is 17.7 Å². The van der Waals surface area contributed by atoms with Crippen LogP contribution < -0.4 is 0 Å². The van der Waals surface area contributed by atoms with Gasteiger partial charge in [0.2, 0.25) is 0 Å². The molecule has 1 amide bonds. The number of pyridine rings is 1. The van der Waals surface area contributed by atoms with Gasteiger partial charge in [0.1, 0.15) is 0 Å². The molecule has 0 fully saturated rings. The summed E-state index contributed by atoms with van der Waals surface area (Å²) in [7, 11) is 3.41. The van der Waals surface area contributed by atoms with E-state index in [-0.39, 0.29) is 5.24 Å². The van der Waals surface area contributed by atoms with Gasteiger partial charge in [-0.25, -0.2) is 4.40 Å². The first kappa shape index (κ1) is 14.3. The molecular weight excluding hydrogens is 270 g/mol. The van der Waals surface area contributed by atoms with E-state index in [1.165, 1.54) is 4.90 Å². The second kappa shape index (κ2) is 6.86. The SMILES string of the molecule is CN(C)C(=O)S/N=C(/c1ccccc1)c1cccnc1. The minimum atomic E-state index is -0.109. The van der Waals surface area contributed by atoms with E-state index in [1.807, 2.05) is 42.5 Å². The highest BCUT2D eigenvalue weighted by Crippen LogP contribution is 2.16. The van der Waals surface area contributed by atoms with Gasteiger partial charge in [0.25, 0.3) is 0 Å². The van der Waals surface area contributed by atoms with Crippen LogP contribution >= 0.6 is 11.9 Å². The lowest BCUT2D eigenvalue weighted by molar-refractivity contribution is 0.241. The van der Waals surface area contributed by atoms with Gasteiger partial charge in [-0.2, -0.15) is 0 Å². The number of benzene rings is 1. The van der Waals surface area contributed by atoms with Gasteiger partial charge in [-0.15, -0.1) is 0 Å². The number of rotatable bonds is 3. The molecule has 0 unspecified atom stereocenters. The molecule has 0 radical (unpaired) electrons. The average Bonchev–Trinajstić information content (AvgIpc) is 2.49. The zero-order valence-electron chi connectivity index (χ0n) is 11.4. The lowest BCUT2D eigenvalue weighted by atomic mass is 10.0. The summed E-state index contributed by atoms with van der Waals surface area (Å²) < 4.78 is 4.39. The summed E-state index contributed by atoms with van der Waals surface area (Å²) >= 11 is 0.929. The predicted molar refractivity (Wildman–Crippen MR) is 83.0 cm³/mol. The summed E-state index contributed by atoms with van der Waals surface area (Å²) in [5.41, 5.74) is 2.59. The van der Waals surface area contributed by atoms with E-state index < -0.39 is 0 Å². The van der Waals surface area contributed by atoms with E-state index in [9.17, 15) is 4.79 Å². The Morgan fingerprint density at radius 2 is 1.80 bits per heavy atom. The molecule has 102 valence electrons. The first-order valence-corrected chi connectivity index (χ1v) is 6.88. The summed E-state index contributed by atoms with van der Waals surface area (Å²) in [5, 5.41) is -0.109. The quantitative estimate of drug-likeness (QED) is 0.642. The van der Waals surface area contributed by atoms with Gasteiger partial charge < -0.3 is 4.90 Å². The molecule has 20 heavy (non-hydrogen) atoms. The lowest BCUT2D eigenvalue weighted by Gasteiger charge is -2.09. The van der Waals surface area contributed by atoms with Gasteiger partial charge in [0, 0.05) is 37.6 Å². The molecule has 2 rings (SSSR count). The van der Waals surface area contributed by atoms with Crippen molar-refractivity contribution < 1.29 is 4.79 Å². The first-order chi connectivity index (χ1) is 9.68. The number of nitrogens with zero attached hydrogens (tertiary/aromatic N) is 3. The van der Waals surface area contributed by atoms with Crippen molar-refractivity contribution in [3.05, 3.63) is 66.0 Å². The molecule has 2 aromatic rings. The third-order valence-electron chi connectivity index (χ3n) is 2.56. The Balaban J connectivity index is 2.35. The molecule has 0 aliphatic carbocycles. The smallest absolute Gasteiger partial charge is 0.303 e. The van der Waals surface area contributed by atoms with Gasteiger partial charge in [-0.3, -0.25) is 9.78 Å². The van der Waals surface area contributed by atoms with E-state index in [2.05, 4.69) is 9.38 Å². The van der Waals surface area contributed by atoms with Crippen LogP contribution in [0.15, 0.2) is 59.3 Å². The maximum Gasteiger partial charge on any atom is 0.303 e. The molecule has 1 aromatic heterocycles. The number of hydrogen-bond acceptors (Lipinski definition) is 4. The van der Waals surface area contributed by atoms with Crippen molar-refractivity contribution in [3.63, 3.8) is 0 Å². The minimum Gasteiger partial charge on any atom is -0.338 e. The van der Waals surface area contributed by atoms with Crippen molar-refractivity contribution in [1.29, 1.82) is 0 Å². The first-order valence-electron chi connectivity index (χ1n) is 6.10. The highest BCUT2D eigenvalue weighted by Gasteiger charge is 2.10. The van der Waals surface area contributed by atoms with Crippen LogP contribution in [0.1, 0.15) is 11.1 Å². The molecule has 0 aliphatic rings. The minimum absolute atomic E-state index is 0.109. The van der Waals surface area contributed by atoms with E-state index >= 15 is 0 Å². The van der Waals surface area contributed by atoms with Crippen molar-refractivity contribution in [2.75, 3.05) is 14.1 Å². The Kier molecular flexibility index (Phi) is 4.90. The van der Waals surface area contributed by atoms with Crippen molar-refractivity contribution in [2.45, 2.75) is 0 Å². The number of carbonyl (C=O) groups excluding carboxylic acids is 1. The Bertz CT molecular complexity index is 556. The maximum absolute atomic E-state index is 11.7. The normalized spacial score (nSPS) is 11.2. The van der Waals surface area contributed by atoms with Crippen LogP contribution in [-0.2, 0) is 0 Å². The van der Waals surface area contributed by atoms with E-state index in [1.54, 1.807) is 26.5 Å². The van der Waals surface area contributed by atoms with Gasteiger partial charge in [-0.1, -0.05) is 30.3 Å². The van der Waals surface area contributed by atoms with Crippen LogP contribution in [0, 0.1) is 0 Å². The molecule has 0 spiro atoms. The maximum atomic E-state index is 11.7. The van der Waals surface area contributed by atoms with E-state index in [0.29, 0.717) is 0 Å². The van der Waals surface area contributed by atoms with E-state index in [0.717, 1.165) is 28.8 Å². The highest BCUT2D eigenvalue weighted by molar-refractivity contribution is 8.12. The molecule has 0 saturated heterocycles. The summed E-state index contributed by atoms with van der Waals surface area (Å²) in [6.45, 7) is 0. The zero-order chi connectivity index (χ0) is 14.4. The molecule has 1 heterocycles. The summed E-state index contributed by atoms with van der Waals surface area (Å²) in [4.78, 5) is 17.3. The summed E-state index contributed by atoms with van der Waals surface area (Å²) in [5.74, 6) is 0. The standard InChI is InChI=1S/C15H15N3OS/c1-18(2)15(19)20-17-14(12-7-4-3-5-8-12)13-9-6-10-16-11-13/h3-11H,1-2H3/b17-14-. The Morgan fingerprint density at radius 3 is 2.40 bits per heavy atom. The molecule has 0 N–H and O–H groups in total. The van der Waals surface area contributed by atoms with Crippen LogP contribution in [0.2, 0.25) is 0 Å². The number of amides is 1. The fourth-order valence-corrected chi connectivity index (χ4v) is 2.08.